The minimum absolute atomic E-state index is 0.0000715. The van der Waals surface area contributed by atoms with Crippen molar-refractivity contribution in [1.82, 2.24) is 14.8 Å². The Morgan fingerprint density at radius 3 is 2.83 bits per heavy atom. The molecule has 3 rings (SSSR count). The predicted molar refractivity (Wildman–Crippen MR) is 110 cm³/mol. The summed E-state index contributed by atoms with van der Waals surface area (Å²) >= 11 is 7.21. The van der Waals surface area contributed by atoms with E-state index in [0.717, 1.165) is 5.56 Å². The summed E-state index contributed by atoms with van der Waals surface area (Å²) in [5, 5.41) is 12.0. The molecule has 10 heteroatoms. The van der Waals surface area contributed by atoms with Gasteiger partial charge in [0.25, 0.3) is 5.91 Å². The number of rotatable bonds is 8. The molecule has 0 atom stereocenters. The van der Waals surface area contributed by atoms with Crippen LogP contribution in [0.25, 0.3) is 11.6 Å². The molecular formula is C19H19ClN4O4S. The maximum Gasteiger partial charge on any atom is 0.316 e. The summed E-state index contributed by atoms with van der Waals surface area (Å²) in [6.07, 6.45) is 1.56. The molecule has 0 spiro atoms. The van der Waals surface area contributed by atoms with Gasteiger partial charge in [-0.3, -0.25) is 14.2 Å². The van der Waals surface area contributed by atoms with E-state index in [2.05, 4.69) is 15.5 Å². The van der Waals surface area contributed by atoms with Gasteiger partial charge in [0.2, 0.25) is 0 Å². The molecule has 0 aliphatic carbocycles. The lowest BCUT2D eigenvalue weighted by Crippen LogP contribution is -2.21. The molecule has 0 aliphatic heterocycles. The third-order valence-electron chi connectivity index (χ3n) is 3.91. The quantitative estimate of drug-likeness (QED) is 0.425. The number of carbonyl (C=O) groups is 2. The van der Waals surface area contributed by atoms with Crippen LogP contribution in [0.3, 0.4) is 0 Å². The van der Waals surface area contributed by atoms with Crippen LogP contribution < -0.4 is 5.32 Å². The lowest BCUT2D eigenvalue weighted by atomic mass is 10.2. The van der Waals surface area contributed by atoms with E-state index >= 15 is 0 Å². The number of furan rings is 1. The zero-order chi connectivity index (χ0) is 20.8. The number of halogens is 1. The molecule has 0 aliphatic rings. The molecule has 2 aromatic heterocycles. The Bertz CT molecular complexity index is 1000. The Kier molecular flexibility index (Phi) is 6.95. The zero-order valence-corrected chi connectivity index (χ0v) is 17.4. The van der Waals surface area contributed by atoms with Crippen LogP contribution in [-0.2, 0) is 20.9 Å². The molecule has 1 N–H and O–H groups in total. The van der Waals surface area contributed by atoms with Crippen molar-refractivity contribution in [3.8, 4) is 11.6 Å². The Morgan fingerprint density at radius 1 is 1.31 bits per heavy atom. The molecule has 3 aromatic rings. The van der Waals surface area contributed by atoms with Crippen LogP contribution in [0, 0.1) is 6.92 Å². The van der Waals surface area contributed by atoms with Gasteiger partial charge in [-0.1, -0.05) is 29.4 Å². The summed E-state index contributed by atoms with van der Waals surface area (Å²) in [6, 6.07) is 8.72. The first-order chi connectivity index (χ1) is 14.0. The number of ether oxygens (including phenoxy) is 1. The molecule has 0 fully saturated rings. The highest BCUT2D eigenvalue weighted by atomic mass is 35.5. The SMILES string of the molecule is CCn1c(SCC(=O)OCC(=O)Nc2ccc(C)c(Cl)c2)nnc1-c1ccco1. The summed E-state index contributed by atoms with van der Waals surface area (Å²) in [7, 11) is 0. The number of anilines is 1. The molecule has 0 saturated heterocycles. The first kappa shape index (κ1) is 20.9. The average Bonchev–Trinajstić information content (AvgIpc) is 3.36. The van der Waals surface area contributed by atoms with E-state index in [9.17, 15) is 9.59 Å². The van der Waals surface area contributed by atoms with Gasteiger partial charge in [0.05, 0.1) is 12.0 Å². The van der Waals surface area contributed by atoms with Crippen molar-refractivity contribution in [2.75, 3.05) is 17.7 Å². The fraction of sp³-hybridized carbons (Fsp3) is 0.263. The van der Waals surface area contributed by atoms with E-state index in [-0.39, 0.29) is 12.4 Å². The first-order valence-corrected chi connectivity index (χ1v) is 10.2. The van der Waals surface area contributed by atoms with Crippen molar-refractivity contribution < 1.29 is 18.7 Å². The number of nitrogens with one attached hydrogen (secondary N) is 1. The topological polar surface area (TPSA) is 99.2 Å². The van der Waals surface area contributed by atoms with E-state index in [4.69, 9.17) is 20.8 Å². The van der Waals surface area contributed by atoms with Crippen LogP contribution in [0.4, 0.5) is 5.69 Å². The monoisotopic (exact) mass is 434 g/mol. The number of hydrogen-bond acceptors (Lipinski definition) is 7. The van der Waals surface area contributed by atoms with E-state index < -0.39 is 11.9 Å². The smallest absolute Gasteiger partial charge is 0.316 e. The van der Waals surface area contributed by atoms with Crippen LogP contribution in [0.15, 0.2) is 46.2 Å². The number of benzene rings is 1. The van der Waals surface area contributed by atoms with Crippen molar-refractivity contribution >= 4 is 40.9 Å². The number of aryl methyl sites for hydroxylation is 1. The average molecular weight is 435 g/mol. The maximum absolute atomic E-state index is 12.0. The Morgan fingerprint density at radius 2 is 2.14 bits per heavy atom. The fourth-order valence-electron chi connectivity index (χ4n) is 2.45. The number of thioether (sulfide) groups is 1. The van der Waals surface area contributed by atoms with Crippen LogP contribution in [0.5, 0.6) is 0 Å². The summed E-state index contributed by atoms with van der Waals surface area (Å²) in [5.41, 5.74) is 1.45. The highest BCUT2D eigenvalue weighted by Gasteiger charge is 2.17. The second-order valence-electron chi connectivity index (χ2n) is 5.99. The highest BCUT2D eigenvalue weighted by Crippen LogP contribution is 2.24. The number of hydrogen-bond donors (Lipinski definition) is 1. The third kappa shape index (κ3) is 5.39. The summed E-state index contributed by atoms with van der Waals surface area (Å²) < 4.78 is 12.2. The molecule has 1 amide bonds. The van der Waals surface area contributed by atoms with Crippen molar-refractivity contribution in [2.24, 2.45) is 0 Å². The third-order valence-corrected chi connectivity index (χ3v) is 5.26. The Hall–Kier alpha value is -2.78. The van der Waals surface area contributed by atoms with Gasteiger partial charge in [0.1, 0.15) is 0 Å². The van der Waals surface area contributed by atoms with Gasteiger partial charge in [-0.05, 0) is 43.7 Å². The van der Waals surface area contributed by atoms with Crippen molar-refractivity contribution in [1.29, 1.82) is 0 Å². The fourth-order valence-corrected chi connectivity index (χ4v) is 3.43. The molecular weight excluding hydrogens is 416 g/mol. The Labute approximate surface area is 176 Å². The van der Waals surface area contributed by atoms with Gasteiger partial charge >= 0.3 is 5.97 Å². The second-order valence-corrected chi connectivity index (χ2v) is 7.34. The van der Waals surface area contributed by atoms with Crippen LogP contribution in [-0.4, -0.2) is 39.0 Å². The van der Waals surface area contributed by atoms with Crippen LogP contribution in [0.1, 0.15) is 12.5 Å². The molecule has 0 bridgehead atoms. The Balaban J connectivity index is 1.49. The molecule has 0 radical (unpaired) electrons. The zero-order valence-electron chi connectivity index (χ0n) is 15.8. The first-order valence-electron chi connectivity index (χ1n) is 8.79. The summed E-state index contributed by atoms with van der Waals surface area (Å²) in [4.78, 5) is 23.9. The van der Waals surface area contributed by atoms with Gasteiger partial charge in [-0.15, -0.1) is 10.2 Å². The normalized spacial score (nSPS) is 10.7. The van der Waals surface area contributed by atoms with Gasteiger partial charge in [-0.25, -0.2) is 0 Å². The van der Waals surface area contributed by atoms with E-state index in [1.54, 1.807) is 36.6 Å². The van der Waals surface area contributed by atoms with E-state index in [0.29, 0.717) is 34.0 Å². The van der Waals surface area contributed by atoms with Gasteiger partial charge in [0.15, 0.2) is 23.3 Å². The van der Waals surface area contributed by atoms with Crippen molar-refractivity contribution in [3.05, 3.63) is 47.2 Å². The van der Waals surface area contributed by atoms with E-state index in [1.807, 2.05) is 18.4 Å². The standard InChI is InChI=1S/C19H19ClN4O4S/c1-3-24-18(15-5-4-8-27-15)22-23-19(24)29-11-17(26)28-10-16(25)21-13-7-6-12(2)14(20)9-13/h4-9H,3,10-11H2,1-2H3,(H,21,25). The molecule has 29 heavy (non-hydrogen) atoms. The van der Waals surface area contributed by atoms with Crippen LogP contribution in [0.2, 0.25) is 5.02 Å². The molecule has 152 valence electrons. The van der Waals surface area contributed by atoms with Gasteiger partial charge < -0.3 is 14.5 Å². The number of esters is 1. The van der Waals surface area contributed by atoms with Gasteiger partial charge in [-0.2, -0.15) is 0 Å². The number of amides is 1. The number of aromatic nitrogens is 3. The maximum atomic E-state index is 12.0. The molecule has 8 nitrogen and oxygen atoms in total. The molecule has 2 heterocycles. The minimum Gasteiger partial charge on any atom is -0.461 e. The van der Waals surface area contributed by atoms with Crippen molar-refractivity contribution in [2.45, 2.75) is 25.5 Å². The second kappa shape index (κ2) is 9.62. The van der Waals surface area contributed by atoms with Gasteiger partial charge in [0, 0.05) is 17.3 Å². The van der Waals surface area contributed by atoms with Crippen molar-refractivity contribution in [3.63, 3.8) is 0 Å². The number of carbonyl (C=O) groups excluding carboxylic acids is 2. The van der Waals surface area contributed by atoms with Crippen LogP contribution >= 0.6 is 23.4 Å². The van der Waals surface area contributed by atoms with E-state index in [1.165, 1.54) is 11.8 Å². The predicted octanol–water partition coefficient (Wildman–Crippen LogP) is 3.79. The largest absolute Gasteiger partial charge is 0.461 e. The minimum atomic E-state index is -0.530. The summed E-state index contributed by atoms with van der Waals surface area (Å²) in [5.74, 6) is 0.212. The lowest BCUT2D eigenvalue weighted by molar-refractivity contribution is -0.144. The highest BCUT2D eigenvalue weighted by molar-refractivity contribution is 7.99. The number of nitrogens with zero attached hydrogens (tertiary/aromatic N) is 3. The summed E-state index contributed by atoms with van der Waals surface area (Å²) in [6.45, 7) is 4.04. The molecule has 0 unspecified atom stereocenters. The molecule has 0 saturated carbocycles. The lowest BCUT2D eigenvalue weighted by Gasteiger charge is -2.08. The molecule has 1 aromatic carbocycles.